The molecule has 0 atom stereocenters. The average molecular weight is 566 g/mol. The maximum atomic E-state index is 10.7. The predicted octanol–water partition coefficient (Wildman–Crippen LogP) is 6.66. The molecule has 6 nitrogen and oxygen atoms in total. The van der Waals surface area contributed by atoms with Crippen molar-refractivity contribution < 1.29 is 9.34 Å². The fourth-order valence-electron chi connectivity index (χ4n) is 2.57. The van der Waals surface area contributed by atoms with Gasteiger partial charge in [-0.05, 0) is 52.3 Å². The van der Waals surface area contributed by atoms with Crippen LogP contribution in [0.2, 0.25) is 5.02 Å². The Hall–Kier alpha value is -1.58. The van der Waals surface area contributed by atoms with E-state index < -0.39 is 4.92 Å². The number of nitro groups is 1. The average Bonchev–Trinajstić information content (AvgIpc) is 3.11. The van der Waals surface area contributed by atoms with Crippen LogP contribution in [0.25, 0.3) is 11.3 Å². The molecule has 0 radical (unpaired) electrons. The Morgan fingerprint density at radius 3 is 2.55 bits per heavy atom. The summed E-state index contributed by atoms with van der Waals surface area (Å²) in [5, 5.41) is 17.5. The van der Waals surface area contributed by atoms with Gasteiger partial charge in [-0.3, -0.25) is 10.1 Å². The lowest BCUT2D eigenvalue weighted by Gasteiger charge is -2.08. The maximum absolute atomic E-state index is 10.7. The highest BCUT2D eigenvalue weighted by molar-refractivity contribution is 9.11. The summed E-state index contributed by atoms with van der Waals surface area (Å²) in [7, 11) is 0. The Kier molecular flexibility index (Phi) is 8.98. The zero-order valence-corrected chi connectivity index (χ0v) is 19.7. The molecular formula is C19H17Br2Cl2N3O3. The Bertz CT molecular complexity index is 999. The first-order valence-electron chi connectivity index (χ1n) is 8.36. The molecule has 0 unspecified atom stereocenters. The molecular weight excluding hydrogens is 549 g/mol. The van der Waals surface area contributed by atoms with Gasteiger partial charge in [0.1, 0.15) is 11.5 Å². The van der Waals surface area contributed by atoms with Crippen LogP contribution < -0.4 is 10.6 Å². The van der Waals surface area contributed by atoms with Gasteiger partial charge in [-0.25, -0.2) is 0 Å². The number of non-ortho nitro benzene ring substituents is 1. The van der Waals surface area contributed by atoms with Crippen molar-refractivity contribution in [2.75, 3.05) is 18.4 Å². The molecule has 0 aliphatic carbocycles. The lowest BCUT2D eigenvalue weighted by molar-refractivity contribution is -0.384. The zero-order valence-electron chi connectivity index (χ0n) is 15.0. The molecule has 0 aliphatic heterocycles. The van der Waals surface area contributed by atoms with E-state index in [0.717, 1.165) is 26.0 Å². The molecule has 10 heteroatoms. The normalized spacial score (nSPS) is 10.4. The van der Waals surface area contributed by atoms with Crippen LogP contribution >= 0.6 is 55.9 Å². The number of rotatable bonds is 8. The highest BCUT2D eigenvalue weighted by Gasteiger charge is 2.10. The summed E-state index contributed by atoms with van der Waals surface area (Å²) in [5.74, 6) is 1.63. The molecule has 0 spiro atoms. The van der Waals surface area contributed by atoms with Crippen molar-refractivity contribution in [3.8, 4) is 11.3 Å². The van der Waals surface area contributed by atoms with Gasteiger partial charge in [-0.2, -0.15) is 0 Å². The topological polar surface area (TPSA) is 80.3 Å². The molecule has 3 aromatic rings. The number of furan rings is 1. The van der Waals surface area contributed by atoms with Crippen molar-refractivity contribution >= 4 is 67.2 Å². The van der Waals surface area contributed by atoms with E-state index >= 15 is 0 Å². The number of halogens is 4. The number of hydrogen-bond acceptors (Lipinski definition) is 5. The minimum absolute atomic E-state index is 0. The van der Waals surface area contributed by atoms with E-state index in [1.165, 1.54) is 12.1 Å². The Morgan fingerprint density at radius 1 is 1.07 bits per heavy atom. The fourth-order valence-corrected chi connectivity index (χ4v) is 4.05. The van der Waals surface area contributed by atoms with Crippen LogP contribution in [0.5, 0.6) is 0 Å². The van der Waals surface area contributed by atoms with Crippen molar-refractivity contribution in [3.63, 3.8) is 0 Å². The van der Waals surface area contributed by atoms with E-state index in [9.17, 15) is 10.1 Å². The second-order valence-electron chi connectivity index (χ2n) is 5.91. The molecule has 2 aromatic carbocycles. The van der Waals surface area contributed by atoms with Crippen LogP contribution in [-0.4, -0.2) is 18.0 Å². The summed E-state index contributed by atoms with van der Waals surface area (Å²) < 4.78 is 7.85. The summed E-state index contributed by atoms with van der Waals surface area (Å²) >= 11 is 13.0. The highest BCUT2D eigenvalue weighted by Crippen LogP contribution is 2.32. The van der Waals surface area contributed by atoms with E-state index in [1.807, 2.05) is 30.3 Å². The second kappa shape index (κ2) is 11.0. The maximum Gasteiger partial charge on any atom is 0.271 e. The molecule has 1 heterocycles. The number of anilines is 1. The number of nitrogens with one attached hydrogen (secondary N) is 2. The lowest BCUT2D eigenvalue weighted by Crippen LogP contribution is -2.21. The third kappa shape index (κ3) is 6.45. The van der Waals surface area contributed by atoms with Gasteiger partial charge in [0, 0.05) is 39.7 Å². The number of hydrogen-bond donors (Lipinski definition) is 2. The standard InChI is InChI=1S/C19H16Br2ClN3O3.ClH/c20-12-1-4-15(16(21)9-12)19-6-3-14(28-19)11-23-7-8-24-18-5-2-13(25(26)27)10-17(18)22;/h1-6,9-10,23-24H,7-8,11H2;1H. The van der Waals surface area contributed by atoms with Crippen LogP contribution in [0.4, 0.5) is 11.4 Å². The van der Waals surface area contributed by atoms with Gasteiger partial charge in [0.25, 0.3) is 5.69 Å². The molecule has 0 bridgehead atoms. The van der Waals surface area contributed by atoms with Gasteiger partial charge in [-0.1, -0.05) is 27.5 Å². The molecule has 0 aliphatic rings. The van der Waals surface area contributed by atoms with Gasteiger partial charge < -0.3 is 15.1 Å². The van der Waals surface area contributed by atoms with E-state index in [0.29, 0.717) is 30.3 Å². The summed E-state index contributed by atoms with van der Waals surface area (Å²) in [5.41, 5.74) is 1.62. The predicted molar refractivity (Wildman–Crippen MR) is 125 cm³/mol. The van der Waals surface area contributed by atoms with Gasteiger partial charge in [0.15, 0.2) is 0 Å². The summed E-state index contributed by atoms with van der Waals surface area (Å²) in [4.78, 5) is 10.3. The van der Waals surface area contributed by atoms with E-state index in [2.05, 4.69) is 42.5 Å². The van der Waals surface area contributed by atoms with Crippen molar-refractivity contribution in [1.82, 2.24) is 5.32 Å². The molecule has 154 valence electrons. The first-order valence-corrected chi connectivity index (χ1v) is 10.3. The quantitative estimate of drug-likeness (QED) is 0.181. The molecule has 29 heavy (non-hydrogen) atoms. The minimum Gasteiger partial charge on any atom is -0.460 e. The van der Waals surface area contributed by atoms with Crippen molar-refractivity contribution in [2.45, 2.75) is 6.54 Å². The highest BCUT2D eigenvalue weighted by atomic mass is 79.9. The van der Waals surface area contributed by atoms with Crippen LogP contribution in [0, 0.1) is 10.1 Å². The third-order valence-electron chi connectivity index (χ3n) is 3.94. The van der Waals surface area contributed by atoms with E-state index in [1.54, 1.807) is 6.07 Å². The molecule has 0 saturated heterocycles. The Morgan fingerprint density at radius 2 is 1.86 bits per heavy atom. The lowest BCUT2D eigenvalue weighted by atomic mass is 10.2. The van der Waals surface area contributed by atoms with Gasteiger partial charge in [0.2, 0.25) is 0 Å². The number of nitro benzene ring substituents is 1. The van der Waals surface area contributed by atoms with E-state index in [-0.39, 0.29) is 18.1 Å². The van der Waals surface area contributed by atoms with Crippen molar-refractivity contribution in [3.05, 3.63) is 78.4 Å². The monoisotopic (exact) mass is 563 g/mol. The summed E-state index contributed by atoms with van der Waals surface area (Å²) in [6.07, 6.45) is 0. The van der Waals surface area contributed by atoms with E-state index in [4.69, 9.17) is 16.0 Å². The Balaban J connectivity index is 0.00000300. The molecule has 0 saturated carbocycles. The van der Waals surface area contributed by atoms with Crippen LogP contribution in [-0.2, 0) is 6.54 Å². The summed E-state index contributed by atoms with van der Waals surface area (Å²) in [6.45, 7) is 1.87. The Labute approximate surface area is 195 Å². The third-order valence-corrected chi connectivity index (χ3v) is 5.40. The van der Waals surface area contributed by atoms with Gasteiger partial charge >= 0.3 is 0 Å². The molecule has 2 N–H and O–H groups in total. The smallest absolute Gasteiger partial charge is 0.271 e. The van der Waals surface area contributed by atoms with Gasteiger partial charge in [-0.15, -0.1) is 12.4 Å². The summed E-state index contributed by atoms with van der Waals surface area (Å²) in [6, 6.07) is 14.2. The van der Waals surface area contributed by atoms with Crippen LogP contribution in [0.3, 0.4) is 0 Å². The largest absolute Gasteiger partial charge is 0.460 e. The fraction of sp³-hybridized carbons (Fsp3) is 0.158. The molecule has 0 amide bonds. The number of benzene rings is 2. The molecule has 0 fully saturated rings. The molecule has 3 rings (SSSR count). The van der Waals surface area contributed by atoms with Crippen LogP contribution in [0.15, 0.2) is 61.9 Å². The first-order chi connectivity index (χ1) is 13.4. The van der Waals surface area contributed by atoms with Gasteiger partial charge in [0.05, 0.1) is 22.2 Å². The van der Waals surface area contributed by atoms with Crippen LogP contribution in [0.1, 0.15) is 5.76 Å². The zero-order chi connectivity index (χ0) is 20.1. The second-order valence-corrected chi connectivity index (χ2v) is 8.09. The van der Waals surface area contributed by atoms with Crippen molar-refractivity contribution in [1.29, 1.82) is 0 Å². The minimum atomic E-state index is -0.471. The SMILES string of the molecule is Cl.O=[N+]([O-])c1ccc(NCCNCc2ccc(-c3ccc(Br)cc3Br)o2)c(Cl)c1. The number of nitrogens with zero attached hydrogens (tertiary/aromatic N) is 1. The first kappa shape index (κ1) is 23.7. The van der Waals surface area contributed by atoms with Crippen molar-refractivity contribution in [2.24, 2.45) is 0 Å². The molecule has 1 aromatic heterocycles.